The van der Waals surface area contributed by atoms with Gasteiger partial charge < -0.3 is 0 Å². The van der Waals surface area contributed by atoms with E-state index in [1.807, 2.05) is 0 Å². The average molecular weight is 248 g/mol. The van der Waals surface area contributed by atoms with E-state index in [-0.39, 0.29) is 18.0 Å². The zero-order chi connectivity index (χ0) is 11.5. The number of hydrogen-bond donors (Lipinski definition) is 0. The van der Waals surface area contributed by atoms with E-state index in [9.17, 15) is 13.2 Å². The van der Waals surface area contributed by atoms with Crippen LogP contribution >= 0.6 is 11.5 Å². The van der Waals surface area contributed by atoms with Gasteiger partial charge in [-0.1, -0.05) is 4.49 Å². The fourth-order valence-electron chi connectivity index (χ4n) is 1.10. The second kappa shape index (κ2) is 4.80. The Morgan fingerprint density at radius 2 is 2.13 bits per heavy atom. The monoisotopic (exact) mass is 248 g/mol. The van der Waals surface area contributed by atoms with Gasteiger partial charge in [0, 0.05) is 12.7 Å². The Labute approximate surface area is 92.6 Å². The minimum atomic E-state index is -2.98. The first-order valence-electron chi connectivity index (χ1n) is 4.40. The lowest BCUT2D eigenvalue weighted by Crippen LogP contribution is -2.06. The molecule has 0 unspecified atom stereocenters. The highest BCUT2D eigenvalue weighted by Crippen LogP contribution is 2.13. The van der Waals surface area contributed by atoms with Crippen LogP contribution in [-0.4, -0.2) is 35.8 Å². The van der Waals surface area contributed by atoms with Gasteiger partial charge in [0.1, 0.15) is 14.7 Å². The molecule has 0 fully saturated rings. The van der Waals surface area contributed by atoms with Crippen LogP contribution < -0.4 is 0 Å². The number of aryl methyl sites for hydroxylation is 1. The normalized spacial score (nSPS) is 11.6. The third-order valence-corrected chi connectivity index (χ3v) is 3.72. The molecule has 5 nitrogen and oxygen atoms in total. The Morgan fingerprint density at radius 3 is 2.60 bits per heavy atom. The van der Waals surface area contributed by atoms with Gasteiger partial charge in [0.05, 0.1) is 11.4 Å². The predicted molar refractivity (Wildman–Crippen MR) is 57.9 cm³/mol. The van der Waals surface area contributed by atoms with Crippen molar-refractivity contribution in [1.82, 2.24) is 9.59 Å². The maximum absolute atomic E-state index is 11.5. The molecule has 1 rings (SSSR count). The first-order valence-corrected chi connectivity index (χ1v) is 7.23. The lowest BCUT2D eigenvalue weighted by molar-refractivity contribution is 0.0985. The second-order valence-electron chi connectivity index (χ2n) is 3.34. The Hall–Kier alpha value is -0.820. The molecule has 0 bridgehead atoms. The summed E-state index contributed by atoms with van der Waals surface area (Å²) in [6, 6.07) is 0. The van der Waals surface area contributed by atoms with E-state index in [0.717, 1.165) is 17.8 Å². The molecule has 0 saturated heterocycles. The van der Waals surface area contributed by atoms with Crippen LogP contribution in [0.2, 0.25) is 0 Å². The molecular formula is C8H12N2O3S2. The molecule has 0 saturated carbocycles. The van der Waals surface area contributed by atoms with Gasteiger partial charge in [0.2, 0.25) is 0 Å². The summed E-state index contributed by atoms with van der Waals surface area (Å²) in [6.45, 7) is 1.72. The van der Waals surface area contributed by atoms with Crippen LogP contribution in [0.15, 0.2) is 0 Å². The Bertz CT molecular complexity index is 450. The van der Waals surface area contributed by atoms with Crippen molar-refractivity contribution in [2.24, 2.45) is 0 Å². The van der Waals surface area contributed by atoms with E-state index < -0.39 is 9.84 Å². The van der Waals surface area contributed by atoms with Crippen molar-refractivity contribution in [3.63, 3.8) is 0 Å². The van der Waals surface area contributed by atoms with Gasteiger partial charge in [0.15, 0.2) is 5.78 Å². The standard InChI is InChI=1S/C8H12N2O3S2/c1-6-8(14-10-9-6)7(11)4-3-5-15(2,12)13/h3-5H2,1-2H3. The number of rotatable bonds is 5. The Kier molecular flexibility index (Phi) is 3.92. The summed E-state index contributed by atoms with van der Waals surface area (Å²) in [5.41, 5.74) is 0.615. The molecular weight excluding hydrogens is 236 g/mol. The van der Waals surface area contributed by atoms with Crippen LogP contribution in [0.3, 0.4) is 0 Å². The van der Waals surface area contributed by atoms with Gasteiger partial charge >= 0.3 is 0 Å². The summed E-state index contributed by atoms with van der Waals surface area (Å²) < 4.78 is 25.3. The van der Waals surface area contributed by atoms with Crippen LogP contribution in [0, 0.1) is 6.92 Å². The van der Waals surface area contributed by atoms with Gasteiger partial charge in [-0.3, -0.25) is 4.79 Å². The van der Waals surface area contributed by atoms with Crippen LogP contribution in [0.5, 0.6) is 0 Å². The predicted octanol–water partition coefficient (Wildman–Crippen LogP) is 0.854. The van der Waals surface area contributed by atoms with Gasteiger partial charge in [-0.15, -0.1) is 5.10 Å². The molecule has 0 aromatic carbocycles. The average Bonchev–Trinajstić information content (AvgIpc) is 2.48. The van der Waals surface area contributed by atoms with Crippen LogP contribution in [0.4, 0.5) is 0 Å². The fraction of sp³-hybridized carbons (Fsp3) is 0.625. The zero-order valence-electron chi connectivity index (χ0n) is 8.56. The number of sulfone groups is 1. The van der Waals surface area contributed by atoms with Crippen molar-refractivity contribution in [2.75, 3.05) is 12.0 Å². The molecule has 7 heteroatoms. The maximum atomic E-state index is 11.5. The SMILES string of the molecule is Cc1nnsc1C(=O)CCCS(C)(=O)=O. The highest BCUT2D eigenvalue weighted by molar-refractivity contribution is 7.90. The molecule has 1 heterocycles. The molecule has 0 aliphatic heterocycles. The lowest BCUT2D eigenvalue weighted by atomic mass is 10.2. The van der Waals surface area contributed by atoms with E-state index in [4.69, 9.17) is 0 Å². The molecule has 0 spiro atoms. The highest BCUT2D eigenvalue weighted by Gasteiger charge is 2.13. The Morgan fingerprint density at radius 1 is 1.47 bits per heavy atom. The third-order valence-electron chi connectivity index (χ3n) is 1.82. The van der Waals surface area contributed by atoms with Crippen molar-refractivity contribution < 1.29 is 13.2 Å². The molecule has 0 atom stereocenters. The number of hydrogen-bond acceptors (Lipinski definition) is 6. The number of carbonyl (C=O) groups is 1. The molecule has 0 N–H and O–H groups in total. The largest absolute Gasteiger partial charge is 0.293 e. The van der Waals surface area contributed by atoms with Crippen LogP contribution in [0.25, 0.3) is 0 Å². The minimum absolute atomic E-state index is 0.0457. The van der Waals surface area contributed by atoms with E-state index in [2.05, 4.69) is 9.59 Å². The van der Waals surface area contributed by atoms with Gasteiger partial charge in [-0.05, 0) is 24.9 Å². The smallest absolute Gasteiger partial charge is 0.176 e. The molecule has 0 radical (unpaired) electrons. The molecule has 0 aliphatic rings. The summed E-state index contributed by atoms with van der Waals surface area (Å²) >= 11 is 1.06. The van der Waals surface area contributed by atoms with Crippen molar-refractivity contribution >= 4 is 27.2 Å². The molecule has 84 valence electrons. The molecule has 0 aliphatic carbocycles. The molecule has 1 aromatic rings. The van der Waals surface area contributed by atoms with Crippen molar-refractivity contribution in [3.05, 3.63) is 10.6 Å². The summed E-state index contributed by atoms with van der Waals surface area (Å²) in [5.74, 6) is -0.0320. The quantitative estimate of drug-likeness (QED) is 0.722. The zero-order valence-corrected chi connectivity index (χ0v) is 10.2. The fourth-order valence-corrected chi connectivity index (χ4v) is 2.39. The summed E-state index contributed by atoms with van der Waals surface area (Å²) in [7, 11) is -2.98. The molecule has 1 aromatic heterocycles. The molecule has 15 heavy (non-hydrogen) atoms. The van der Waals surface area contributed by atoms with E-state index in [1.165, 1.54) is 0 Å². The number of aromatic nitrogens is 2. The van der Waals surface area contributed by atoms with Crippen LogP contribution in [0.1, 0.15) is 28.2 Å². The van der Waals surface area contributed by atoms with E-state index in [1.54, 1.807) is 6.92 Å². The Balaban J connectivity index is 2.48. The second-order valence-corrected chi connectivity index (χ2v) is 6.36. The first kappa shape index (κ1) is 12.3. The number of carbonyl (C=O) groups excluding carboxylic acids is 1. The lowest BCUT2D eigenvalue weighted by Gasteiger charge is -1.97. The van der Waals surface area contributed by atoms with Gasteiger partial charge in [-0.25, -0.2) is 8.42 Å². The maximum Gasteiger partial charge on any atom is 0.176 e. The summed E-state index contributed by atoms with van der Waals surface area (Å²) in [4.78, 5) is 12.1. The number of nitrogens with zero attached hydrogens (tertiary/aromatic N) is 2. The summed E-state index contributed by atoms with van der Waals surface area (Å²) in [6.07, 6.45) is 1.75. The topological polar surface area (TPSA) is 77.0 Å². The first-order chi connectivity index (χ1) is 6.90. The van der Waals surface area contributed by atoms with Crippen LogP contribution in [-0.2, 0) is 9.84 Å². The van der Waals surface area contributed by atoms with Crippen molar-refractivity contribution in [3.8, 4) is 0 Å². The third kappa shape index (κ3) is 4.05. The van der Waals surface area contributed by atoms with Crippen molar-refractivity contribution in [1.29, 1.82) is 0 Å². The highest BCUT2D eigenvalue weighted by atomic mass is 32.2. The minimum Gasteiger partial charge on any atom is -0.293 e. The van der Waals surface area contributed by atoms with E-state index >= 15 is 0 Å². The number of ketones is 1. The summed E-state index contributed by atoms with van der Waals surface area (Å²) in [5, 5.41) is 3.72. The number of Topliss-reactive ketones (excluding diaryl/α,β-unsaturated/α-hetero) is 1. The van der Waals surface area contributed by atoms with Crippen molar-refractivity contribution in [2.45, 2.75) is 19.8 Å². The van der Waals surface area contributed by atoms with Gasteiger partial charge in [-0.2, -0.15) is 0 Å². The van der Waals surface area contributed by atoms with E-state index in [0.29, 0.717) is 17.0 Å². The molecule has 0 amide bonds. The van der Waals surface area contributed by atoms with Gasteiger partial charge in [0.25, 0.3) is 0 Å².